The highest BCUT2D eigenvalue weighted by Crippen LogP contribution is 2.35. The van der Waals surface area contributed by atoms with E-state index in [0.717, 1.165) is 18.4 Å². The van der Waals surface area contributed by atoms with Gasteiger partial charge in [-0.05, 0) is 50.5 Å². The van der Waals surface area contributed by atoms with Crippen LogP contribution in [0.15, 0.2) is 0 Å². The van der Waals surface area contributed by atoms with Crippen LogP contribution >= 0.6 is 0 Å². The zero-order chi connectivity index (χ0) is 9.31. The van der Waals surface area contributed by atoms with Crippen molar-refractivity contribution >= 4 is 0 Å². The average molecular weight is 182 g/mol. The first-order chi connectivity index (χ1) is 6.24. The Balaban J connectivity index is 1.82. The summed E-state index contributed by atoms with van der Waals surface area (Å²) < 4.78 is 0. The van der Waals surface area contributed by atoms with E-state index in [0.29, 0.717) is 5.54 Å². The fourth-order valence-corrected chi connectivity index (χ4v) is 2.49. The first-order valence-electron chi connectivity index (χ1n) is 5.69. The van der Waals surface area contributed by atoms with Crippen molar-refractivity contribution in [2.45, 2.75) is 44.6 Å². The first-order valence-corrected chi connectivity index (χ1v) is 5.69. The molecule has 2 aliphatic carbocycles. The molecule has 0 bridgehead atoms. The van der Waals surface area contributed by atoms with Crippen molar-refractivity contribution in [3.8, 4) is 0 Å². The topological polar surface area (TPSA) is 38.0 Å². The Hall–Kier alpha value is -0.0800. The van der Waals surface area contributed by atoms with Gasteiger partial charge in [0.2, 0.25) is 0 Å². The Kier molecular flexibility index (Phi) is 2.61. The third-order valence-electron chi connectivity index (χ3n) is 3.71. The number of nitrogens with two attached hydrogens (primary N) is 1. The van der Waals surface area contributed by atoms with Gasteiger partial charge in [-0.25, -0.2) is 0 Å². The molecule has 2 unspecified atom stereocenters. The number of nitrogens with one attached hydrogen (secondary N) is 1. The molecule has 2 nitrogen and oxygen atoms in total. The molecule has 2 saturated carbocycles. The standard InChI is InChI=1S/C11H22N2/c1-9-4-5-11(6-9,8-12)13-7-10-2-3-10/h9-10,13H,2-8,12H2,1H3. The monoisotopic (exact) mass is 182 g/mol. The van der Waals surface area contributed by atoms with Crippen molar-refractivity contribution in [1.29, 1.82) is 0 Å². The van der Waals surface area contributed by atoms with E-state index in [4.69, 9.17) is 5.73 Å². The molecule has 0 aromatic heterocycles. The summed E-state index contributed by atoms with van der Waals surface area (Å²) in [6.07, 6.45) is 6.80. The molecule has 0 spiro atoms. The summed E-state index contributed by atoms with van der Waals surface area (Å²) >= 11 is 0. The van der Waals surface area contributed by atoms with E-state index >= 15 is 0 Å². The van der Waals surface area contributed by atoms with Crippen LogP contribution in [-0.2, 0) is 0 Å². The summed E-state index contributed by atoms with van der Waals surface area (Å²) in [7, 11) is 0. The molecule has 2 aliphatic rings. The Labute approximate surface area is 81.3 Å². The average Bonchev–Trinajstić information content (AvgIpc) is 2.88. The van der Waals surface area contributed by atoms with E-state index in [2.05, 4.69) is 12.2 Å². The lowest BCUT2D eigenvalue weighted by molar-refractivity contribution is 0.326. The SMILES string of the molecule is CC1CCC(CN)(NCC2CC2)C1. The summed E-state index contributed by atoms with van der Waals surface area (Å²) in [5.41, 5.74) is 6.18. The molecule has 2 atom stereocenters. The van der Waals surface area contributed by atoms with Crippen LogP contribution in [-0.4, -0.2) is 18.6 Å². The lowest BCUT2D eigenvalue weighted by Gasteiger charge is -2.29. The maximum atomic E-state index is 5.88. The number of rotatable bonds is 4. The highest BCUT2D eigenvalue weighted by atomic mass is 15.0. The maximum absolute atomic E-state index is 5.88. The molecule has 0 aliphatic heterocycles. The highest BCUT2D eigenvalue weighted by Gasteiger charge is 2.36. The van der Waals surface area contributed by atoms with E-state index < -0.39 is 0 Å². The van der Waals surface area contributed by atoms with Gasteiger partial charge < -0.3 is 11.1 Å². The summed E-state index contributed by atoms with van der Waals surface area (Å²) in [6, 6.07) is 0. The zero-order valence-corrected chi connectivity index (χ0v) is 8.68. The molecule has 0 heterocycles. The van der Waals surface area contributed by atoms with Gasteiger partial charge in [-0.2, -0.15) is 0 Å². The number of hydrogen-bond donors (Lipinski definition) is 2. The summed E-state index contributed by atoms with van der Waals surface area (Å²) in [4.78, 5) is 0. The van der Waals surface area contributed by atoms with Gasteiger partial charge in [-0.15, -0.1) is 0 Å². The largest absolute Gasteiger partial charge is 0.329 e. The molecule has 2 rings (SSSR count). The van der Waals surface area contributed by atoms with Crippen LogP contribution in [0.4, 0.5) is 0 Å². The van der Waals surface area contributed by atoms with Gasteiger partial charge in [0.25, 0.3) is 0 Å². The molecular weight excluding hydrogens is 160 g/mol. The van der Waals surface area contributed by atoms with Crippen molar-refractivity contribution in [1.82, 2.24) is 5.32 Å². The second-order valence-electron chi connectivity index (χ2n) is 5.16. The van der Waals surface area contributed by atoms with E-state index in [1.165, 1.54) is 38.6 Å². The minimum atomic E-state index is 0.308. The molecule has 0 saturated heterocycles. The number of hydrogen-bond acceptors (Lipinski definition) is 2. The Morgan fingerprint density at radius 3 is 2.62 bits per heavy atom. The van der Waals surface area contributed by atoms with Gasteiger partial charge in [0.15, 0.2) is 0 Å². The molecule has 2 fully saturated rings. The van der Waals surface area contributed by atoms with E-state index in [1.54, 1.807) is 0 Å². The normalized spacial score (nSPS) is 39.7. The quantitative estimate of drug-likeness (QED) is 0.691. The lowest BCUT2D eigenvalue weighted by atomic mass is 9.96. The molecule has 2 heteroatoms. The lowest BCUT2D eigenvalue weighted by Crippen LogP contribution is -2.49. The first kappa shape index (κ1) is 9.47. The maximum Gasteiger partial charge on any atom is 0.0306 e. The molecule has 13 heavy (non-hydrogen) atoms. The molecule has 0 radical (unpaired) electrons. The summed E-state index contributed by atoms with van der Waals surface area (Å²) in [5.74, 6) is 1.84. The highest BCUT2D eigenvalue weighted by molar-refractivity contribution is 4.97. The van der Waals surface area contributed by atoms with E-state index in [9.17, 15) is 0 Å². The molecule has 76 valence electrons. The van der Waals surface area contributed by atoms with Gasteiger partial charge >= 0.3 is 0 Å². The van der Waals surface area contributed by atoms with Gasteiger partial charge in [0, 0.05) is 12.1 Å². The fourth-order valence-electron chi connectivity index (χ4n) is 2.49. The van der Waals surface area contributed by atoms with Crippen LogP contribution < -0.4 is 11.1 Å². The molecule has 0 amide bonds. The predicted octanol–water partition coefficient (Wildman–Crippen LogP) is 1.50. The van der Waals surface area contributed by atoms with Crippen molar-refractivity contribution in [3.63, 3.8) is 0 Å². The summed E-state index contributed by atoms with van der Waals surface area (Å²) in [6.45, 7) is 4.38. The van der Waals surface area contributed by atoms with E-state index in [-0.39, 0.29) is 0 Å². The second kappa shape index (κ2) is 3.58. The van der Waals surface area contributed by atoms with Crippen LogP contribution in [0, 0.1) is 11.8 Å². The van der Waals surface area contributed by atoms with Gasteiger partial charge in [0.1, 0.15) is 0 Å². The molecule has 0 aromatic rings. The van der Waals surface area contributed by atoms with Crippen LogP contribution in [0.1, 0.15) is 39.0 Å². The van der Waals surface area contributed by atoms with Crippen LogP contribution in [0.2, 0.25) is 0 Å². The molecule has 0 aromatic carbocycles. The van der Waals surface area contributed by atoms with Crippen molar-refractivity contribution < 1.29 is 0 Å². The van der Waals surface area contributed by atoms with Crippen molar-refractivity contribution in [2.75, 3.05) is 13.1 Å². The van der Waals surface area contributed by atoms with Crippen LogP contribution in [0.25, 0.3) is 0 Å². The molecular formula is C11H22N2. The Bertz CT molecular complexity index is 177. The van der Waals surface area contributed by atoms with E-state index in [1.807, 2.05) is 0 Å². The third kappa shape index (κ3) is 2.23. The summed E-state index contributed by atoms with van der Waals surface area (Å²) in [5, 5.41) is 3.71. The predicted molar refractivity (Wildman–Crippen MR) is 55.5 cm³/mol. The Morgan fingerprint density at radius 2 is 2.15 bits per heavy atom. The minimum absolute atomic E-state index is 0.308. The second-order valence-corrected chi connectivity index (χ2v) is 5.16. The van der Waals surface area contributed by atoms with Gasteiger partial charge in [0.05, 0.1) is 0 Å². The third-order valence-corrected chi connectivity index (χ3v) is 3.71. The molecule has 3 N–H and O–H groups in total. The minimum Gasteiger partial charge on any atom is -0.329 e. The Morgan fingerprint density at radius 1 is 1.38 bits per heavy atom. The fraction of sp³-hybridized carbons (Fsp3) is 1.00. The van der Waals surface area contributed by atoms with Crippen LogP contribution in [0.5, 0.6) is 0 Å². The van der Waals surface area contributed by atoms with Gasteiger partial charge in [-0.1, -0.05) is 6.92 Å². The van der Waals surface area contributed by atoms with Crippen LogP contribution in [0.3, 0.4) is 0 Å². The van der Waals surface area contributed by atoms with Crippen molar-refractivity contribution in [3.05, 3.63) is 0 Å². The zero-order valence-electron chi connectivity index (χ0n) is 8.68. The van der Waals surface area contributed by atoms with Gasteiger partial charge in [-0.3, -0.25) is 0 Å². The smallest absolute Gasteiger partial charge is 0.0306 e. The van der Waals surface area contributed by atoms with Crippen molar-refractivity contribution in [2.24, 2.45) is 17.6 Å².